The van der Waals surface area contributed by atoms with Gasteiger partial charge in [-0.25, -0.2) is 0 Å². The number of nitrogens with two attached hydrogens (primary N) is 1. The van der Waals surface area contributed by atoms with Crippen molar-refractivity contribution in [3.63, 3.8) is 0 Å². The van der Waals surface area contributed by atoms with E-state index in [0.717, 1.165) is 24.3 Å². The molecule has 1 aliphatic heterocycles. The molecule has 0 amide bonds. The number of piperidine rings is 1. The highest BCUT2D eigenvalue weighted by Gasteiger charge is 2.16. The molecule has 5 nitrogen and oxygen atoms in total. The zero-order chi connectivity index (χ0) is 11.4. The summed E-state index contributed by atoms with van der Waals surface area (Å²) in [4.78, 5) is 6.34. The largest absolute Gasteiger partial charge is 0.409 e. The summed E-state index contributed by atoms with van der Waals surface area (Å²) in [7, 11) is 0. The maximum absolute atomic E-state index is 8.74. The van der Waals surface area contributed by atoms with E-state index >= 15 is 0 Å². The fourth-order valence-corrected chi connectivity index (χ4v) is 2.04. The first kappa shape index (κ1) is 10.7. The van der Waals surface area contributed by atoms with Crippen LogP contribution in [0.2, 0.25) is 0 Å². The van der Waals surface area contributed by atoms with Gasteiger partial charge < -0.3 is 15.8 Å². The van der Waals surface area contributed by atoms with Crippen LogP contribution in [0.4, 0.5) is 5.69 Å². The third-order valence-corrected chi connectivity index (χ3v) is 2.88. The second kappa shape index (κ2) is 4.83. The number of rotatable bonds is 2. The van der Waals surface area contributed by atoms with Crippen molar-refractivity contribution in [3.8, 4) is 0 Å². The van der Waals surface area contributed by atoms with E-state index in [9.17, 15) is 0 Å². The summed E-state index contributed by atoms with van der Waals surface area (Å²) in [5, 5.41) is 11.8. The Hall–Kier alpha value is -1.78. The molecule has 1 aromatic heterocycles. The molecule has 1 saturated heterocycles. The molecule has 16 heavy (non-hydrogen) atoms. The summed E-state index contributed by atoms with van der Waals surface area (Å²) >= 11 is 0. The van der Waals surface area contributed by atoms with E-state index in [2.05, 4.69) is 15.0 Å². The van der Waals surface area contributed by atoms with Crippen molar-refractivity contribution in [3.05, 3.63) is 24.0 Å². The predicted octanol–water partition coefficient (Wildman–Crippen LogP) is 1.17. The monoisotopic (exact) mass is 220 g/mol. The third-order valence-electron chi connectivity index (χ3n) is 2.88. The first-order chi connectivity index (χ1) is 7.83. The topological polar surface area (TPSA) is 74.7 Å². The van der Waals surface area contributed by atoms with Gasteiger partial charge in [0.2, 0.25) is 0 Å². The molecule has 0 saturated carbocycles. The molecular formula is C11H16N4O. The van der Waals surface area contributed by atoms with E-state index in [-0.39, 0.29) is 5.84 Å². The second-order valence-electron chi connectivity index (χ2n) is 3.93. The standard InChI is InChI=1S/C11H16N4O/c12-11(14-16)9-4-5-13-8-10(9)15-6-2-1-3-7-15/h4-5,8,16H,1-3,6-7H2,(H2,12,14). The van der Waals surface area contributed by atoms with Crippen LogP contribution in [-0.2, 0) is 0 Å². The van der Waals surface area contributed by atoms with Gasteiger partial charge in [0.05, 0.1) is 11.9 Å². The number of hydrogen-bond acceptors (Lipinski definition) is 4. The molecule has 0 unspecified atom stereocenters. The highest BCUT2D eigenvalue weighted by molar-refractivity contribution is 6.02. The van der Waals surface area contributed by atoms with Crippen LogP contribution < -0.4 is 10.6 Å². The van der Waals surface area contributed by atoms with Gasteiger partial charge in [0.15, 0.2) is 5.84 Å². The molecule has 2 rings (SSSR count). The van der Waals surface area contributed by atoms with E-state index in [1.807, 2.05) is 0 Å². The van der Waals surface area contributed by atoms with Crippen LogP contribution in [0.15, 0.2) is 23.6 Å². The lowest BCUT2D eigenvalue weighted by Gasteiger charge is -2.29. The molecule has 2 heterocycles. The van der Waals surface area contributed by atoms with Crippen molar-refractivity contribution < 1.29 is 5.21 Å². The lowest BCUT2D eigenvalue weighted by atomic mass is 10.1. The average molecular weight is 220 g/mol. The normalized spacial score (nSPS) is 17.5. The number of amidine groups is 1. The van der Waals surface area contributed by atoms with Crippen LogP contribution in [0.25, 0.3) is 0 Å². The van der Waals surface area contributed by atoms with Crippen LogP contribution in [-0.4, -0.2) is 29.1 Å². The molecule has 0 radical (unpaired) electrons. The molecule has 0 atom stereocenters. The first-order valence-corrected chi connectivity index (χ1v) is 5.50. The number of oxime groups is 1. The van der Waals surface area contributed by atoms with Crippen molar-refractivity contribution in [1.82, 2.24) is 4.98 Å². The molecule has 0 aliphatic carbocycles. The quantitative estimate of drug-likeness (QED) is 0.339. The Labute approximate surface area is 94.6 Å². The summed E-state index contributed by atoms with van der Waals surface area (Å²) in [6.07, 6.45) is 7.07. The number of hydrogen-bond donors (Lipinski definition) is 2. The fourth-order valence-electron chi connectivity index (χ4n) is 2.04. The number of anilines is 1. The SMILES string of the molecule is N/C(=N/O)c1ccncc1N1CCCCC1. The van der Waals surface area contributed by atoms with Gasteiger partial charge in [0.25, 0.3) is 0 Å². The van der Waals surface area contributed by atoms with Crippen molar-refractivity contribution >= 4 is 11.5 Å². The molecule has 5 heteroatoms. The molecule has 1 aliphatic rings. The Bertz CT molecular complexity index is 385. The Morgan fingerprint density at radius 2 is 2.12 bits per heavy atom. The predicted molar refractivity (Wildman–Crippen MR) is 62.8 cm³/mol. The van der Waals surface area contributed by atoms with Gasteiger partial charge in [-0.2, -0.15) is 0 Å². The highest BCUT2D eigenvalue weighted by Crippen LogP contribution is 2.22. The smallest absolute Gasteiger partial charge is 0.172 e. The van der Waals surface area contributed by atoms with Gasteiger partial charge in [0, 0.05) is 24.8 Å². The summed E-state index contributed by atoms with van der Waals surface area (Å²) in [5.74, 6) is 0.142. The van der Waals surface area contributed by atoms with Crippen molar-refractivity contribution in [2.75, 3.05) is 18.0 Å². The van der Waals surface area contributed by atoms with Crippen LogP contribution in [0.5, 0.6) is 0 Å². The van der Waals surface area contributed by atoms with Crippen LogP contribution in [0, 0.1) is 0 Å². The maximum atomic E-state index is 8.74. The van der Waals surface area contributed by atoms with Gasteiger partial charge in [-0.3, -0.25) is 4.98 Å². The van der Waals surface area contributed by atoms with Crippen LogP contribution >= 0.6 is 0 Å². The summed E-state index contributed by atoms with van der Waals surface area (Å²) in [5.41, 5.74) is 7.35. The minimum Gasteiger partial charge on any atom is -0.409 e. The molecule has 1 aromatic rings. The van der Waals surface area contributed by atoms with E-state index in [0.29, 0.717) is 0 Å². The van der Waals surface area contributed by atoms with Gasteiger partial charge in [-0.1, -0.05) is 5.16 Å². The Morgan fingerprint density at radius 3 is 2.81 bits per heavy atom. The minimum absolute atomic E-state index is 0.142. The fraction of sp³-hybridized carbons (Fsp3) is 0.455. The summed E-state index contributed by atoms with van der Waals surface area (Å²) in [6.45, 7) is 2.02. The van der Waals surface area contributed by atoms with E-state index in [1.54, 1.807) is 18.5 Å². The highest BCUT2D eigenvalue weighted by atomic mass is 16.4. The van der Waals surface area contributed by atoms with Gasteiger partial charge >= 0.3 is 0 Å². The number of pyridine rings is 1. The first-order valence-electron chi connectivity index (χ1n) is 5.50. The molecular weight excluding hydrogens is 204 g/mol. The van der Waals surface area contributed by atoms with Crippen molar-refractivity contribution in [2.24, 2.45) is 10.9 Å². The molecule has 1 fully saturated rings. The van der Waals surface area contributed by atoms with Crippen LogP contribution in [0.1, 0.15) is 24.8 Å². The van der Waals surface area contributed by atoms with Gasteiger partial charge in [0.1, 0.15) is 0 Å². The lowest BCUT2D eigenvalue weighted by molar-refractivity contribution is 0.318. The lowest BCUT2D eigenvalue weighted by Crippen LogP contribution is -2.31. The van der Waals surface area contributed by atoms with Crippen LogP contribution in [0.3, 0.4) is 0 Å². The van der Waals surface area contributed by atoms with E-state index in [1.165, 1.54) is 19.3 Å². The molecule has 86 valence electrons. The Balaban J connectivity index is 2.31. The van der Waals surface area contributed by atoms with E-state index < -0.39 is 0 Å². The molecule has 0 spiro atoms. The molecule has 3 N–H and O–H groups in total. The van der Waals surface area contributed by atoms with Gasteiger partial charge in [-0.15, -0.1) is 0 Å². The minimum atomic E-state index is 0.142. The maximum Gasteiger partial charge on any atom is 0.172 e. The van der Waals surface area contributed by atoms with Gasteiger partial charge in [-0.05, 0) is 25.3 Å². The summed E-state index contributed by atoms with van der Waals surface area (Å²) < 4.78 is 0. The van der Waals surface area contributed by atoms with Crippen molar-refractivity contribution in [1.29, 1.82) is 0 Å². The Kier molecular flexibility index (Phi) is 3.24. The Morgan fingerprint density at radius 1 is 1.38 bits per heavy atom. The number of aromatic nitrogens is 1. The average Bonchev–Trinajstić information content (AvgIpc) is 2.39. The zero-order valence-electron chi connectivity index (χ0n) is 9.13. The zero-order valence-corrected chi connectivity index (χ0v) is 9.13. The third kappa shape index (κ3) is 2.08. The van der Waals surface area contributed by atoms with E-state index in [4.69, 9.17) is 10.9 Å². The van der Waals surface area contributed by atoms with Crippen molar-refractivity contribution in [2.45, 2.75) is 19.3 Å². The molecule has 0 aromatic carbocycles. The number of nitrogens with zero attached hydrogens (tertiary/aromatic N) is 3. The second-order valence-corrected chi connectivity index (χ2v) is 3.93. The summed E-state index contributed by atoms with van der Waals surface area (Å²) in [6, 6.07) is 1.78. The molecule has 0 bridgehead atoms.